The number of hydrogen-bond donors (Lipinski definition) is 1. The predicted molar refractivity (Wildman–Crippen MR) is 97.3 cm³/mol. The van der Waals surface area contributed by atoms with E-state index < -0.39 is 0 Å². The number of nitrogens with zero attached hydrogens (tertiary/aromatic N) is 2. The Labute approximate surface area is 142 Å². The maximum absolute atomic E-state index is 14.1. The molecule has 2 aromatic carbocycles. The molecule has 0 atom stereocenters. The van der Waals surface area contributed by atoms with E-state index in [4.69, 9.17) is 6.57 Å². The van der Waals surface area contributed by atoms with Gasteiger partial charge in [-0.3, -0.25) is 0 Å². The highest BCUT2D eigenvalue weighted by molar-refractivity contribution is 5.57. The Kier molecular flexibility index (Phi) is 5.00. The molecule has 0 spiro atoms. The summed E-state index contributed by atoms with van der Waals surface area (Å²) in [6, 6.07) is 13.7. The lowest BCUT2D eigenvalue weighted by molar-refractivity contribution is 0.516. The molecule has 0 aliphatic carbocycles. The standard InChI is InChI=1S/C20H22FN3/c1-3-15-4-6-16(7-5-15)23-17-10-12-24(13-11-17)20-9-8-18(22-2)14-19(20)21/h4-9,14,17,23H,3,10-13H2,1H3. The Bertz CT molecular complexity index is 726. The van der Waals surface area contributed by atoms with Crippen LogP contribution in [-0.2, 0) is 6.42 Å². The van der Waals surface area contributed by atoms with Crippen molar-refractivity contribution in [1.29, 1.82) is 0 Å². The molecule has 1 N–H and O–H groups in total. The number of benzene rings is 2. The van der Waals surface area contributed by atoms with Crippen LogP contribution >= 0.6 is 0 Å². The Hall–Kier alpha value is -2.54. The van der Waals surface area contributed by atoms with E-state index in [0.29, 0.717) is 17.4 Å². The quantitative estimate of drug-likeness (QED) is 0.797. The summed E-state index contributed by atoms with van der Waals surface area (Å²) in [6.07, 6.45) is 3.00. The van der Waals surface area contributed by atoms with Crippen LogP contribution in [0.2, 0.25) is 0 Å². The minimum atomic E-state index is -0.301. The zero-order valence-corrected chi connectivity index (χ0v) is 13.9. The Morgan fingerprint density at radius 1 is 1.17 bits per heavy atom. The number of aryl methyl sites for hydroxylation is 1. The SMILES string of the molecule is [C-]#[N+]c1ccc(N2CCC(Nc3ccc(CC)cc3)CC2)c(F)c1. The average Bonchev–Trinajstić information content (AvgIpc) is 2.63. The minimum absolute atomic E-state index is 0.301. The van der Waals surface area contributed by atoms with Gasteiger partial charge >= 0.3 is 0 Å². The van der Waals surface area contributed by atoms with Crippen molar-refractivity contribution in [2.75, 3.05) is 23.3 Å². The molecule has 0 saturated carbocycles. The van der Waals surface area contributed by atoms with Gasteiger partial charge < -0.3 is 10.2 Å². The molecule has 4 heteroatoms. The van der Waals surface area contributed by atoms with Gasteiger partial charge in [0.2, 0.25) is 0 Å². The van der Waals surface area contributed by atoms with Crippen LogP contribution < -0.4 is 10.2 Å². The monoisotopic (exact) mass is 323 g/mol. The van der Waals surface area contributed by atoms with Crippen LogP contribution in [0.4, 0.5) is 21.5 Å². The number of anilines is 2. The fraction of sp³-hybridized carbons (Fsp3) is 0.350. The first-order chi connectivity index (χ1) is 11.7. The molecule has 0 unspecified atom stereocenters. The number of piperidine rings is 1. The summed E-state index contributed by atoms with van der Waals surface area (Å²) in [5.74, 6) is -0.301. The van der Waals surface area contributed by atoms with Crippen LogP contribution in [-0.4, -0.2) is 19.1 Å². The number of halogens is 1. The van der Waals surface area contributed by atoms with Gasteiger partial charge in [-0.2, -0.15) is 0 Å². The van der Waals surface area contributed by atoms with Gasteiger partial charge in [-0.15, -0.1) is 0 Å². The van der Waals surface area contributed by atoms with Gasteiger partial charge in [0, 0.05) is 24.8 Å². The molecule has 1 aliphatic heterocycles. The Morgan fingerprint density at radius 3 is 2.46 bits per heavy atom. The van der Waals surface area contributed by atoms with Gasteiger partial charge in [0.15, 0.2) is 5.69 Å². The van der Waals surface area contributed by atoms with Crippen LogP contribution in [0, 0.1) is 12.4 Å². The molecule has 0 aromatic heterocycles. The highest BCUT2D eigenvalue weighted by Crippen LogP contribution is 2.27. The third-order valence-corrected chi connectivity index (χ3v) is 4.63. The van der Waals surface area contributed by atoms with Crippen molar-refractivity contribution in [2.45, 2.75) is 32.2 Å². The van der Waals surface area contributed by atoms with E-state index >= 15 is 0 Å². The number of rotatable bonds is 4. The molecular formula is C20H22FN3. The number of nitrogens with one attached hydrogen (secondary N) is 1. The van der Waals surface area contributed by atoms with Gasteiger partial charge in [-0.05, 0) is 49.1 Å². The highest BCUT2D eigenvalue weighted by atomic mass is 19.1. The third-order valence-electron chi connectivity index (χ3n) is 4.63. The third kappa shape index (κ3) is 3.68. The van der Waals surface area contributed by atoms with Crippen molar-refractivity contribution in [1.82, 2.24) is 0 Å². The summed E-state index contributed by atoms with van der Waals surface area (Å²) >= 11 is 0. The Morgan fingerprint density at radius 2 is 1.88 bits per heavy atom. The molecule has 1 saturated heterocycles. The van der Waals surface area contributed by atoms with Crippen molar-refractivity contribution in [3.63, 3.8) is 0 Å². The van der Waals surface area contributed by atoms with E-state index in [1.165, 1.54) is 11.6 Å². The lowest BCUT2D eigenvalue weighted by atomic mass is 10.0. The zero-order chi connectivity index (χ0) is 16.9. The summed E-state index contributed by atoms with van der Waals surface area (Å²) in [7, 11) is 0. The first-order valence-corrected chi connectivity index (χ1v) is 8.47. The molecule has 1 fully saturated rings. The van der Waals surface area contributed by atoms with Crippen LogP contribution in [0.5, 0.6) is 0 Å². The van der Waals surface area contributed by atoms with Gasteiger partial charge in [-0.25, -0.2) is 9.24 Å². The fourth-order valence-electron chi connectivity index (χ4n) is 3.16. The summed E-state index contributed by atoms with van der Waals surface area (Å²) in [6.45, 7) is 10.7. The maximum atomic E-state index is 14.1. The molecule has 24 heavy (non-hydrogen) atoms. The second-order valence-electron chi connectivity index (χ2n) is 6.20. The molecule has 0 bridgehead atoms. The Balaban J connectivity index is 1.58. The summed E-state index contributed by atoms with van der Waals surface area (Å²) in [5, 5.41) is 3.58. The van der Waals surface area contributed by atoms with Gasteiger partial charge in [0.25, 0.3) is 0 Å². The largest absolute Gasteiger partial charge is 0.382 e. The van der Waals surface area contributed by atoms with Crippen molar-refractivity contribution < 1.29 is 4.39 Å². The molecule has 1 aliphatic rings. The van der Waals surface area contributed by atoms with E-state index in [9.17, 15) is 4.39 Å². The topological polar surface area (TPSA) is 19.6 Å². The molecule has 3 nitrogen and oxygen atoms in total. The number of hydrogen-bond acceptors (Lipinski definition) is 2. The van der Waals surface area contributed by atoms with E-state index in [0.717, 1.165) is 38.0 Å². The molecule has 3 rings (SSSR count). The second kappa shape index (κ2) is 7.35. The summed E-state index contributed by atoms with van der Waals surface area (Å²) in [5.41, 5.74) is 3.45. The summed E-state index contributed by atoms with van der Waals surface area (Å²) in [4.78, 5) is 5.34. The van der Waals surface area contributed by atoms with Gasteiger partial charge in [-0.1, -0.05) is 25.1 Å². The van der Waals surface area contributed by atoms with Crippen LogP contribution in [0.25, 0.3) is 4.85 Å². The minimum Gasteiger partial charge on any atom is -0.382 e. The maximum Gasteiger partial charge on any atom is 0.190 e. The van der Waals surface area contributed by atoms with E-state index in [2.05, 4.69) is 46.3 Å². The van der Waals surface area contributed by atoms with Crippen LogP contribution in [0.1, 0.15) is 25.3 Å². The van der Waals surface area contributed by atoms with Gasteiger partial charge in [0.1, 0.15) is 5.82 Å². The zero-order valence-electron chi connectivity index (χ0n) is 13.9. The summed E-state index contributed by atoms with van der Waals surface area (Å²) < 4.78 is 14.1. The first-order valence-electron chi connectivity index (χ1n) is 8.47. The molecule has 0 amide bonds. The molecule has 124 valence electrons. The smallest absolute Gasteiger partial charge is 0.190 e. The normalized spacial score (nSPS) is 15.1. The molecule has 1 heterocycles. The van der Waals surface area contributed by atoms with Crippen LogP contribution in [0.15, 0.2) is 42.5 Å². The van der Waals surface area contributed by atoms with Crippen molar-refractivity contribution in [3.8, 4) is 0 Å². The lowest BCUT2D eigenvalue weighted by Crippen LogP contribution is -2.39. The van der Waals surface area contributed by atoms with Crippen molar-refractivity contribution in [3.05, 3.63) is 65.3 Å². The van der Waals surface area contributed by atoms with Crippen LogP contribution in [0.3, 0.4) is 0 Å². The molecule has 2 aromatic rings. The first kappa shape index (κ1) is 16.3. The predicted octanol–water partition coefficient (Wildman–Crippen LogP) is 5.02. The molecule has 0 radical (unpaired) electrons. The van der Waals surface area contributed by atoms with E-state index in [-0.39, 0.29) is 5.82 Å². The fourth-order valence-corrected chi connectivity index (χ4v) is 3.16. The van der Waals surface area contributed by atoms with Crippen molar-refractivity contribution in [2.24, 2.45) is 0 Å². The van der Waals surface area contributed by atoms with Gasteiger partial charge in [0.05, 0.1) is 12.3 Å². The average molecular weight is 323 g/mol. The van der Waals surface area contributed by atoms with E-state index in [1.807, 2.05) is 0 Å². The lowest BCUT2D eigenvalue weighted by Gasteiger charge is -2.34. The second-order valence-corrected chi connectivity index (χ2v) is 6.20. The highest BCUT2D eigenvalue weighted by Gasteiger charge is 2.21. The molecular weight excluding hydrogens is 301 g/mol. The van der Waals surface area contributed by atoms with Crippen molar-refractivity contribution >= 4 is 17.1 Å². The van der Waals surface area contributed by atoms with E-state index in [1.54, 1.807) is 12.1 Å².